The zero-order valence-corrected chi connectivity index (χ0v) is 13.2. The SMILES string of the molecule is CCC(C)(CO)Nc1cnn(CC(=O)OC)c(=O)c1Br. The average Bonchev–Trinajstić information content (AvgIpc) is 2.46. The molecule has 1 rings (SSSR count). The monoisotopic (exact) mass is 347 g/mol. The number of hydrogen-bond donors (Lipinski definition) is 2. The predicted octanol–water partition coefficient (Wildman–Crippen LogP) is 0.752. The van der Waals surface area contributed by atoms with Gasteiger partial charge in [-0.25, -0.2) is 4.68 Å². The molecule has 2 N–H and O–H groups in total. The van der Waals surface area contributed by atoms with Crippen molar-refractivity contribution in [3.05, 3.63) is 21.0 Å². The van der Waals surface area contributed by atoms with Gasteiger partial charge in [0.1, 0.15) is 11.0 Å². The van der Waals surface area contributed by atoms with Gasteiger partial charge in [0.15, 0.2) is 0 Å². The van der Waals surface area contributed by atoms with Crippen molar-refractivity contribution in [1.29, 1.82) is 0 Å². The van der Waals surface area contributed by atoms with E-state index in [1.54, 1.807) is 0 Å². The molecule has 0 fully saturated rings. The second-order valence-corrected chi connectivity index (χ2v) is 5.40. The highest BCUT2D eigenvalue weighted by atomic mass is 79.9. The number of aromatic nitrogens is 2. The fourth-order valence-corrected chi connectivity index (χ4v) is 1.82. The molecule has 20 heavy (non-hydrogen) atoms. The molecule has 8 heteroatoms. The maximum absolute atomic E-state index is 12.0. The molecule has 0 aromatic carbocycles. The van der Waals surface area contributed by atoms with E-state index in [-0.39, 0.29) is 17.6 Å². The lowest BCUT2D eigenvalue weighted by atomic mass is 10.0. The van der Waals surface area contributed by atoms with E-state index in [0.717, 1.165) is 4.68 Å². The molecule has 0 aliphatic carbocycles. The van der Waals surface area contributed by atoms with Gasteiger partial charge in [-0.3, -0.25) is 9.59 Å². The summed E-state index contributed by atoms with van der Waals surface area (Å²) in [4.78, 5) is 23.2. The first-order chi connectivity index (χ1) is 9.36. The Bertz CT molecular complexity index is 540. The molecule has 0 spiro atoms. The van der Waals surface area contributed by atoms with E-state index in [1.165, 1.54) is 13.3 Å². The lowest BCUT2D eigenvalue weighted by molar-refractivity contribution is -0.141. The molecule has 0 amide bonds. The third-order valence-electron chi connectivity index (χ3n) is 3.06. The van der Waals surface area contributed by atoms with Crippen molar-refractivity contribution < 1.29 is 14.6 Å². The van der Waals surface area contributed by atoms with Gasteiger partial charge in [0.05, 0.1) is 31.1 Å². The van der Waals surface area contributed by atoms with Gasteiger partial charge in [-0.1, -0.05) is 6.92 Å². The molecule has 1 atom stereocenters. The van der Waals surface area contributed by atoms with Crippen LogP contribution in [0.3, 0.4) is 0 Å². The Morgan fingerprint density at radius 3 is 2.80 bits per heavy atom. The van der Waals surface area contributed by atoms with Crippen molar-refractivity contribution in [3.63, 3.8) is 0 Å². The van der Waals surface area contributed by atoms with Crippen molar-refractivity contribution >= 4 is 27.6 Å². The van der Waals surface area contributed by atoms with Gasteiger partial charge < -0.3 is 15.2 Å². The number of methoxy groups -OCH3 is 1. The number of ether oxygens (including phenoxy) is 1. The molecule has 0 radical (unpaired) electrons. The highest BCUT2D eigenvalue weighted by molar-refractivity contribution is 9.10. The fraction of sp³-hybridized carbons (Fsp3) is 0.583. The van der Waals surface area contributed by atoms with Gasteiger partial charge >= 0.3 is 5.97 Å². The molecule has 0 saturated carbocycles. The number of esters is 1. The Morgan fingerprint density at radius 1 is 1.65 bits per heavy atom. The molecule has 1 aromatic rings. The van der Waals surface area contributed by atoms with Crippen molar-refractivity contribution in [2.24, 2.45) is 0 Å². The topological polar surface area (TPSA) is 93.5 Å². The first kappa shape index (κ1) is 16.6. The Labute approximate surface area is 125 Å². The van der Waals surface area contributed by atoms with Crippen LogP contribution in [0.2, 0.25) is 0 Å². The minimum atomic E-state index is -0.555. The van der Waals surface area contributed by atoms with Gasteiger partial charge in [0.25, 0.3) is 5.56 Å². The smallest absolute Gasteiger partial charge is 0.327 e. The van der Waals surface area contributed by atoms with E-state index in [1.807, 2.05) is 13.8 Å². The summed E-state index contributed by atoms with van der Waals surface area (Å²) in [5.74, 6) is -0.555. The average molecular weight is 348 g/mol. The second kappa shape index (κ2) is 6.85. The summed E-state index contributed by atoms with van der Waals surface area (Å²) in [6.45, 7) is 3.42. The van der Waals surface area contributed by atoms with Crippen molar-refractivity contribution in [2.75, 3.05) is 19.0 Å². The van der Waals surface area contributed by atoms with Crippen LogP contribution < -0.4 is 10.9 Å². The third kappa shape index (κ3) is 3.80. The zero-order valence-electron chi connectivity index (χ0n) is 11.6. The van der Waals surface area contributed by atoms with Crippen LogP contribution in [0.15, 0.2) is 15.5 Å². The number of carbonyl (C=O) groups is 1. The molecule has 0 aliphatic heterocycles. The van der Waals surface area contributed by atoms with Crippen LogP contribution >= 0.6 is 15.9 Å². The number of rotatable bonds is 6. The third-order valence-corrected chi connectivity index (χ3v) is 3.82. The van der Waals surface area contributed by atoms with E-state index in [0.29, 0.717) is 12.1 Å². The van der Waals surface area contributed by atoms with E-state index in [4.69, 9.17) is 0 Å². The molecule has 1 aromatic heterocycles. The molecule has 1 unspecified atom stereocenters. The summed E-state index contributed by atoms with van der Waals surface area (Å²) in [6.07, 6.45) is 2.10. The van der Waals surface area contributed by atoms with Crippen molar-refractivity contribution in [1.82, 2.24) is 9.78 Å². The normalized spacial score (nSPS) is 13.7. The minimum absolute atomic E-state index is 0.0822. The van der Waals surface area contributed by atoms with E-state index < -0.39 is 17.1 Å². The van der Waals surface area contributed by atoms with Crippen LogP contribution in [0.4, 0.5) is 5.69 Å². The molecular formula is C12H18BrN3O4. The summed E-state index contributed by atoms with van der Waals surface area (Å²) in [6, 6.07) is 0. The van der Waals surface area contributed by atoms with Crippen LogP contribution in [0.5, 0.6) is 0 Å². The van der Waals surface area contributed by atoms with Crippen LogP contribution in [0, 0.1) is 0 Å². The van der Waals surface area contributed by atoms with Gasteiger partial charge in [-0.15, -0.1) is 0 Å². The molecule has 1 heterocycles. The summed E-state index contributed by atoms with van der Waals surface area (Å²) in [7, 11) is 1.24. The van der Waals surface area contributed by atoms with Gasteiger partial charge in [-0.2, -0.15) is 5.10 Å². The van der Waals surface area contributed by atoms with Crippen molar-refractivity contribution in [3.8, 4) is 0 Å². The maximum atomic E-state index is 12.0. The lowest BCUT2D eigenvalue weighted by Crippen LogP contribution is -2.39. The molecule has 0 bridgehead atoms. The maximum Gasteiger partial charge on any atom is 0.327 e. The number of hydrogen-bond acceptors (Lipinski definition) is 6. The first-order valence-electron chi connectivity index (χ1n) is 6.08. The minimum Gasteiger partial charge on any atom is -0.468 e. The van der Waals surface area contributed by atoms with E-state index in [2.05, 4.69) is 31.1 Å². The van der Waals surface area contributed by atoms with Crippen LogP contribution in [-0.2, 0) is 16.1 Å². The number of aliphatic hydroxyl groups excluding tert-OH is 1. The predicted molar refractivity (Wildman–Crippen MR) is 77.6 cm³/mol. The Kier molecular flexibility index (Phi) is 5.70. The Balaban J connectivity index is 3.06. The Hall–Kier alpha value is -1.41. The zero-order chi connectivity index (χ0) is 15.3. The Morgan fingerprint density at radius 2 is 2.30 bits per heavy atom. The van der Waals surface area contributed by atoms with Crippen LogP contribution in [0.25, 0.3) is 0 Å². The summed E-state index contributed by atoms with van der Waals surface area (Å²) < 4.78 is 5.75. The fourth-order valence-electron chi connectivity index (χ4n) is 1.42. The molecule has 0 saturated heterocycles. The van der Waals surface area contributed by atoms with Crippen LogP contribution in [0.1, 0.15) is 20.3 Å². The number of carbonyl (C=O) groups excluding carboxylic acids is 1. The number of nitrogens with zero attached hydrogens (tertiary/aromatic N) is 2. The van der Waals surface area contributed by atoms with E-state index in [9.17, 15) is 14.7 Å². The van der Waals surface area contributed by atoms with Gasteiger partial charge in [0, 0.05) is 0 Å². The summed E-state index contributed by atoms with van der Waals surface area (Å²) in [5, 5.41) is 16.3. The molecular weight excluding hydrogens is 330 g/mol. The largest absolute Gasteiger partial charge is 0.468 e. The highest BCUT2D eigenvalue weighted by Gasteiger charge is 2.23. The lowest BCUT2D eigenvalue weighted by Gasteiger charge is -2.28. The molecule has 0 aliphatic rings. The first-order valence-corrected chi connectivity index (χ1v) is 6.87. The quantitative estimate of drug-likeness (QED) is 0.737. The summed E-state index contributed by atoms with van der Waals surface area (Å²) >= 11 is 3.18. The highest BCUT2D eigenvalue weighted by Crippen LogP contribution is 2.22. The number of aliphatic hydroxyl groups is 1. The molecule has 112 valence electrons. The molecule has 7 nitrogen and oxygen atoms in total. The second-order valence-electron chi connectivity index (χ2n) is 4.61. The summed E-state index contributed by atoms with van der Waals surface area (Å²) in [5.41, 5.74) is -0.531. The van der Waals surface area contributed by atoms with Gasteiger partial charge in [-0.05, 0) is 29.3 Å². The number of nitrogens with one attached hydrogen (secondary N) is 1. The number of anilines is 1. The van der Waals surface area contributed by atoms with E-state index >= 15 is 0 Å². The number of halogens is 1. The van der Waals surface area contributed by atoms with Crippen LogP contribution in [-0.4, -0.2) is 40.1 Å². The standard InChI is InChI=1S/C12H18BrN3O4/c1-4-12(2,7-17)15-8-5-14-16(6-9(18)20-3)11(19)10(8)13/h5,15,17H,4,6-7H2,1-3H3. The van der Waals surface area contributed by atoms with Crippen molar-refractivity contribution in [2.45, 2.75) is 32.4 Å². The van der Waals surface area contributed by atoms with Gasteiger partial charge in [0.2, 0.25) is 0 Å².